The maximum atomic E-state index is 14.3. The van der Waals surface area contributed by atoms with Crippen LogP contribution in [0.3, 0.4) is 0 Å². The first-order valence-electron chi connectivity index (χ1n) is 12.8. The fourth-order valence-electron chi connectivity index (χ4n) is 6.18. The van der Waals surface area contributed by atoms with Crippen LogP contribution in [0.5, 0.6) is 0 Å². The van der Waals surface area contributed by atoms with E-state index in [9.17, 15) is 14.4 Å². The van der Waals surface area contributed by atoms with Gasteiger partial charge in [0.15, 0.2) is 0 Å². The second-order valence-corrected chi connectivity index (χ2v) is 10.1. The minimum absolute atomic E-state index is 0.125. The lowest BCUT2D eigenvalue weighted by Crippen LogP contribution is -2.56. The number of benzene rings is 1. The van der Waals surface area contributed by atoms with Crippen molar-refractivity contribution >= 4 is 35.1 Å². The van der Waals surface area contributed by atoms with Crippen LogP contribution in [0.4, 0.5) is 5.69 Å². The number of halogens is 1. The number of hydrogen-bond donors (Lipinski definition) is 1. The zero-order valence-corrected chi connectivity index (χ0v) is 21.5. The largest absolute Gasteiger partial charge is 0.466 e. The highest BCUT2D eigenvalue weighted by Gasteiger charge is 2.75. The number of rotatable bonds is 12. The van der Waals surface area contributed by atoms with Crippen molar-refractivity contribution in [1.29, 1.82) is 0 Å². The van der Waals surface area contributed by atoms with E-state index in [4.69, 9.17) is 26.2 Å². The van der Waals surface area contributed by atoms with Crippen LogP contribution < -0.4 is 4.90 Å². The van der Waals surface area contributed by atoms with Gasteiger partial charge in [-0.05, 0) is 44.7 Å². The molecule has 3 aliphatic rings. The van der Waals surface area contributed by atoms with Gasteiger partial charge in [0.05, 0.1) is 35.3 Å². The van der Waals surface area contributed by atoms with Crippen LogP contribution in [-0.2, 0) is 23.9 Å². The van der Waals surface area contributed by atoms with Gasteiger partial charge in [0.25, 0.3) is 5.91 Å². The van der Waals surface area contributed by atoms with Crippen molar-refractivity contribution in [2.75, 3.05) is 31.2 Å². The fraction of sp³-hybridized carbons (Fsp3) is 0.593. The van der Waals surface area contributed by atoms with Crippen molar-refractivity contribution in [1.82, 2.24) is 4.90 Å². The normalized spacial score (nSPS) is 28.3. The summed E-state index contributed by atoms with van der Waals surface area (Å²) in [4.78, 5) is 44.3. The minimum atomic E-state index is -1.08. The Balaban J connectivity index is 1.71. The molecule has 3 saturated heterocycles. The van der Waals surface area contributed by atoms with E-state index in [1.807, 2.05) is 0 Å². The molecule has 1 aromatic rings. The second kappa shape index (κ2) is 11.3. The number of carbonyl (C=O) groups is 3. The maximum absolute atomic E-state index is 14.3. The van der Waals surface area contributed by atoms with Crippen LogP contribution >= 0.6 is 11.6 Å². The molecule has 0 aromatic heterocycles. The standard InChI is InChI=1S/C27H35ClN2O6/c1-3-15-29(19-12-8-7-11-18(19)28)25(33)23-27-14-13-20(36-27)21(26(34)35-4-2)22(27)24(32)30(23)16-9-5-6-10-17-31/h3,7-8,11-12,20-23,31H,1,4-6,9-10,13-17H2,2H3/t20-,21+,22+,23-,27+/m1/s1. The van der Waals surface area contributed by atoms with Gasteiger partial charge < -0.3 is 24.4 Å². The number of aliphatic hydroxyl groups excluding tert-OH is 1. The number of nitrogens with zero attached hydrogens (tertiary/aromatic N) is 2. The number of esters is 1. The lowest BCUT2D eigenvalue weighted by molar-refractivity contribution is -0.154. The molecule has 8 nitrogen and oxygen atoms in total. The third-order valence-corrected chi connectivity index (χ3v) is 7.94. The first-order chi connectivity index (χ1) is 17.4. The zero-order valence-electron chi connectivity index (χ0n) is 20.7. The predicted octanol–water partition coefficient (Wildman–Crippen LogP) is 3.35. The third kappa shape index (κ3) is 4.55. The van der Waals surface area contributed by atoms with Crippen LogP contribution in [0.1, 0.15) is 45.4 Å². The number of unbranched alkanes of at least 4 members (excludes halogenated alkanes) is 3. The van der Waals surface area contributed by atoms with Gasteiger partial charge in [0, 0.05) is 19.7 Å². The van der Waals surface area contributed by atoms with Crippen LogP contribution in [0.2, 0.25) is 5.02 Å². The molecule has 0 saturated carbocycles. The number of carbonyl (C=O) groups excluding carboxylic acids is 3. The Morgan fingerprint density at radius 1 is 1.31 bits per heavy atom. The molecule has 3 fully saturated rings. The van der Waals surface area contributed by atoms with Crippen molar-refractivity contribution in [3.63, 3.8) is 0 Å². The van der Waals surface area contributed by atoms with Crippen molar-refractivity contribution < 1.29 is 29.0 Å². The van der Waals surface area contributed by atoms with E-state index in [1.165, 1.54) is 0 Å². The molecule has 0 unspecified atom stereocenters. The molecule has 0 aliphatic carbocycles. The van der Waals surface area contributed by atoms with Crippen LogP contribution in [0.15, 0.2) is 36.9 Å². The molecule has 196 valence electrons. The van der Waals surface area contributed by atoms with Gasteiger partial charge in [-0.3, -0.25) is 14.4 Å². The molecule has 0 radical (unpaired) electrons. The first kappa shape index (κ1) is 26.6. The molecule has 9 heteroatoms. The lowest BCUT2D eigenvalue weighted by atomic mass is 9.70. The number of amides is 2. The molecule has 2 amide bonds. The molecule has 3 aliphatic heterocycles. The maximum Gasteiger partial charge on any atom is 0.312 e. The summed E-state index contributed by atoms with van der Waals surface area (Å²) in [6.45, 7) is 6.47. The molecule has 1 spiro atoms. The van der Waals surface area contributed by atoms with E-state index in [0.29, 0.717) is 42.9 Å². The minimum Gasteiger partial charge on any atom is -0.466 e. The van der Waals surface area contributed by atoms with E-state index in [-0.39, 0.29) is 31.6 Å². The highest BCUT2D eigenvalue weighted by molar-refractivity contribution is 6.34. The van der Waals surface area contributed by atoms with Crippen molar-refractivity contribution in [2.24, 2.45) is 11.8 Å². The number of likely N-dealkylation sites (tertiary alicyclic amines) is 1. The summed E-state index contributed by atoms with van der Waals surface area (Å²) in [5.74, 6) is -2.42. The fourth-order valence-corrected chi connectivity index (χ4v) is 6.42. The van der Waals surface area contributed by atoms with E-state index in [0.717, 1.165) is 12.8 Å². The van der Waals surface area contributed by atoms with Crippen LogP contribution in [-0.4, -0.2) is 71.8 Å². The third-order valence-electron chi connectivity index (χ3n) is 7.62. The summed E-state index contributed by atoms with van der Waals surface area (Å²) in [6, 6.07) is 6.20. The average Bonchev–Trinajstić information content (AvgIpc) is 3.50. The molecule has 5 atom stereocenters. The SMILES string of the molecule is C=CCN(C(=O)[C@H]1N(CCCCCCO)C(=O)[C@@H]2[C@@H](C(=O)OCC)[C@H]3CC[C@]21O3)c1ccccc1Cl. The Morgan fingerprint density at radius 2 is 2.06 bits per heavy atom. The quantitative estimate of drug-likeness (QED) is 0.259. The molecular weight excluding hydrogens is 484 g/mol. The molecule has 1 aromatic carbocycles. The molecular formula is C27H35ClN2O6. The Labute approximate surface area is 217 Å². The summed E-state index contributed by atoms with van der Waals surface area (Å²) in [7, 11) is 0. The van der Waals surface area contributed by atoms with Gasteiger partial charge in [-0.1, -0.05) is 42.7 Å². The van der Waals surface area contributed by atoms with Crippen LogP contribution in [0.25, 0.3) is 0 Å². The second-order valence-electron chi connectivity index (χ2n) is 9.67. The molecule has 2 bridgehead atoms. The highest BCUT2D eigenvalue weighted by atomic mass is 35.5. The number of ether oxygens (including phenoxy) is 2. The number of fused-ring (bicyclic) bond motifs is 1. The number of para-hydroxylation sites is 1. The molecule has 3 heterocycles. The smallest absolute Gasteiger partial charge is 0.312 e. The Morgan fingerprint density at radius 3 is 2.75 bits per heavy atom. The van der Waals surface area contributed by atoms with E-state index in [2.05, 4.69) is 6.58 Å². The van der Waals surface area contributed by atoms with Gasteiger partial charge >= 0.3 is 5.97 Å². The van der Waals surface area contributed by atoms with Gasteiger partial charge in [-0.25, -0.2) is 0 Å². The molecule has 36 heavy (non-hydrogen) atoms. The topological polar surface area (TPSA) is 96.4 Å². The molecule has 4 rings (SSSR count). The van der Waals surface area contributed by atoms with Crippen molar-refractivity contribution in [3.05, 3.63) is 41.9 Å². The Bertz CT molecular complexity index is 1000. The van der Waals surface area contributed by atoms with Gasteiger partial charge in [0.2, 0.25) is 5.91 Å². The lowest BCUT2D eigenvalue weighted by Gasteiger charge is -2.37. The number of hydrogen-bond acceptors (Lipinski definition) is 6. The summed E-state index contributed by atoms with van der Waals surface area (Å²) < 4.78 is 11.8. The van der Waals surface area contributed by atoms with Crippen molar-refractivity contribution in [2.45, 2.75) is 63.2 Å². The Kier molecular flexibility index (Phi) is 8.37. The summed E-state index contributed by atoms with van der Waals surface area (Å²) in [5.41, 5.74) is -0.545. The Hall–Kier alpha value is -2.42. The van der Waals surface area contributed by atoms with Crippen molar-refractivity contribution in [3.8, 4) is 0 Å². The van der Waals surface area contributed by atoms with E-state index < -0.39 is 35.6 Å². The summed E-state index contributed by atoms with van der Waals surface area (Å²) in [6.07, 6.45) is 5.32. The van der Waals surface area contributed by atoms with Gasteiger partial charge in [-0.15, -0.1) is 6.58 Å². The summed E-state index contributed by atoms with van der Waals surface area (Å²) >= 11 is 6.47. The summed E-state index contributed by atoms with van der Waals surface area (Å²) in [5, 5.41) is 9.51. The number of anilines is 1. The average molecular weight is 519 g/mol. The van der Waals surface area contributed by atoms with E-state index >= 15 is 0 Å². The highest BCUT2D eigenvalue weighted by Crippen LogP contribution is 2.59. The van der Waals surface area contributed by atoms with Crippen LogP contribution in [0, 0.1) is 11.8 Å². The molecule has 1 N–H and O–H groups in total. The number of aliphatic hydroxyl groups is 1. The van der Waals surface area contributed by atoms with E-state index in [1.54, 1.807) is 47.1 Å². The first-order valence-corrected chi connectivity index (χ1v) is 13.2. The predicted molar refractivity (Wildman–Crippen MR) is 136 cm³/mol. The van der Waals surface area contributed by atoms with Gasteiger partial charge in [-0.2, -0.15) is 0 Å². The zero-order chi connectivity index (χ0) is 25.9. The monoisotopic (exact) mass is 518 g/mol. The van der Waals surface area contributed by atoms with Gasteiger partial charge in [0.1, 0.15) is 11.6 Å².